The minimum atomic E-state index is -0.550. The summed E-state index contributed by atoms with van der Waals surface area (Å²) in [6, 6.07) is 5.70. The molecule has 0 atom stereocenters. The number of halogens is 1. The minimum absolute atomic E-state index is 0.0247. The summed E-state index contributed by atoms with van der Waals surface area (Å²) in [6.45, 7) is 1.51. The van der Waals surface area contributed by atoms with Gasteiger partial charge in [0, 0.05) is 22.6 Å². The third kappa shape index (κ3) is 7.15. The molecular weight excluding hydrogens is 400 g/mol. The van der Waals surface area contributed by atoms with Crippen LogP contribution in [0.3, 0.4) is 0 Å². The number of carbonyl (C=O) groups is 3. The van der Waals surface area contributed by atoms with Crippen LogP contribution in [-0.2, 0) is 19.1 Å². The SMILES string of the molecule is Cc1cc(Br)ccc1NC(=O)COC(=O)CCC(=O)NC1CCCCC1. The molecule has 1 aromatic rings. The fourth-order valence-corrected chi connectivity index (χ4v) is 3.41. The Balaban J connectivity index is 1.64. The molecule has 0 spiro atoms. The van der Waals surface area contributed by atoms with E-state index in [4.69, 9.17) is 4.74 Å². The molecule has 0 heterocycles. The van der Waals surface area contributed by atoms with Crippen molar-refractivity contribution in [2.24, 2.45) is 0 Å². The van der Waals surface area contributed by atoms with Crippen molar-refractivity contribution in [3.8, 4) is 0 Å². The van der Waals surface area contributed by atoms with Crippen LogP contribution in [0, 0.1) is 6.92 Å². The molecular formula is C19H25BrN2O4. The molecule has 1 aliphatic rings. The van der Waals surface area contributed by atoms with Crippen LogP contribution in [0.1, 0.15) is 50.5 Å². The van der Waals surface area contributed by atoms with Crippen molar-refractivity contribution in [1.82, 2.24) is 5.32 Å². The molecule has 0 aliphatic heterocycles. The summed E-state index contributed by atoms with van der Waals surface area (Å²) >= 11 is 3.36. The minimum Gasteiger partial charge on any atom is -0.456 e. The number of hydrogen-bond acceptors (Lipinski definition) is 4. The molecule has 0 aromatic heterocycles. The number of esters is 1. The van der Waals surface area contributed by atoms with Gasteiger partial charge in [0.15, 0.2) is 6.61 Å². The van der Waals surface area contributed by atoms with Crippen LogP contribution >= 0.6 is 15.9 Å². The molecule has 26 heavy (non-hydrogen) atoms. The number of benzene rings is 1. The number of anilines is 1. The van der Waals surface area contributed by atoms with Gasteiger partial charge in [-0.15, -0.1) is 0 Å². The number of carbonyl (C=O) groups excluding carboxylic acids is 3. The maximum atomic E-state index is 11.9. The van der Waals surface area contributed by atoms with E-state index < -0.39 is 11.9 Å². The fraction of sp³-hybridized carbons (Fsp3) is 0.526. The van der Waals surface area contributed by atoms with Crippen LogP contribution in [-0.4, -0.2) is 30.4 Å². The monoisotopic (exact) mass is 424 g/mol. The third-order valence-corrected chi connectivity index (χ3v) is 4.85. The Hall–Kier alpha value is -1.89. The molecule has 2 N–H and O–H groups in total. The normalized spacial score (nSPS) is 14.5. The lowest BCUT2D eigenvalue weighted by Crippen LogP contribution is -2.36. The van der Waals surface area contributed by atoms with Gasteiger partial charge in [0.1, 0.15) is 0 Å². The highest BCUT2D eigenvalue weighted by Gasteiger charge is 2.17. The lowest BCUT2D eigenvalue weighted by molar-refractivity contribution is -0.148. The van der Waals surface area contributed by atoms with Crippen LogP contribution in [0.25, 0.3) is 0 Å². The number of hydrogen-bond donors (Lipinski definition) is 2. The lowest BCUT2D eigenvalue weighted by Gasteiger charge is -2.22. The van der Waals surface area contributed by atoms with Gasteiger partial charge in [0.25, 0.3) is 5.91 Å². The second-order valence-electron chi connectivity index (χ2n) is 6.57. The van der Waals surface area contributed by atoms with Gasteiger partial charge < -0.3 is 15.4 Å². The third-order valence-electron chi connectivity index (χ3n) is 4.35. The molecule has 2 amide bonds. The van der Waals surface area contributed by atoms with Gasteiger partial charge in [0.2, 0.25) is 5.91 Å². The number of ether oxygens (including phenoxy) is 1. The summed E-state index contributed by atoms with van der Waals surface area (Å²) in [7, 11) is 0. The van der Waals surface area contributed by atoms with Crippen LogP contribution in [0.15, 0.2) is 22.7 Å². The first-order valence-electron chi connectivity index (χ1n) is 8.95. The first kappa shape index (κ1) is 20.4. The Morgan fingerprint density at radius 1 is 1.12 bits per heavy atom. The standard InChI is InChI=1S/C19H25BrN2O4/c1-13-11-14(20)7-8-16(13)22-18(24)12-26-19(25)10-9-17(23)21-15-5-3-2-4-6-15/h7-8,11,15H,2-6,9-10,12H2,1H3,(H,21,23)(H,22,24). The zero-order valence-electron chi connectivity index (χ0n) is 15.0. The van der Waals surface area contributed by atoms with Crippen molar-refractivity contribution in [2.75, 3.05) is 11.9 Å². The molecule has 2 rings (SSSR count). The van der Waals surface area contributed by atoms with Crippen molar-refractivity contribution in [1.29, 1.82) is 0 Å². The average Bonchev–Trinajstić information content (AvgIpc) is 2.61. The zero-order valence-corrected chi connectivity index (χ0v) is 16.6. The van der Waals surface area contributed by atoms with Crippen molar-refractivity contribution in [2.45, 2.75) is 57.9 Å². The first-order valence-corrected chi connectivity index (χ1v) is 9.74. The average molecular weight is 425 g/mol. The Labute approximate surface area is 162 Å². The summed E-state index contributed by atoms with van der Waals surface area (Å²) in [5, 5.41) is 5.65. The Morgan fingerprint density at radius 2 is 1.85 bits per heavy atom. The smallest absolute Gasteiger partial charge is 0.306 e. The molecule has 1 aliphatic carbocycles. The van der Waals surface area contributed by atoms with Crippen molar-refractivity contribution in [3.05, 3.63) is 28.2 Å². The summed E-state index contributed by atoms with van der Waals surface area (Å²) in [6.07, 6.45) is 5.57. The molecule has 0 saturated heterocycles. The number of amides is 2. The van der Waals surface area contributed by atoms with Crippen LogP contribution in [0.5, 0.6) is 0 Å². The summed E-state index contributed by atoms with van der Waals surface area (Å²) in [5.74, 6) is -1.09. The predicted molar refractivity (Wildman–Crippen MR) is 103 cm³/mol. The first-order chi connectivity index (χ1) is 12.4. The summed E-state index contributed by atoms with van der Waals surface area (Å²) in [4.78, 5) is 35.5. The predicted octanol–water partition coefficient (Wildman–Crippen LogP) is 3.47. The van der Waals surface area contributed by atoms with E-state index >= 15 is 0 Å². The maximum absolute atomic E-state index is 11.9. The summed E-state index contributed by atoms with van der Waals surface area (Å²) in [5.41, 5.74) is 1.57. The van der Waals surface area contributed by atoms with E-state index in [0.29, 0.717) is 5.69 Å². The van der Waals surface area contributed by atoms with Crippen molar-refractivity contribution in [3.63, 3.8) is 0 Å². The van der Waals surface area contributed by atoms with Gasteiger partial charge in [-0.1, -0.05) is 35.2 Å². The number of rotatable bonds is 7. The van der Waals surface area contributed by atoms with Crippen molar-refractivity contribution >= 4 is 39.4 Å². The van der Waals surface area contributed by atoms with E-state index in [2.05, 4.69) is 26.6 Å². The van der Waals surface area contributed by atoms with E-state index in [1.165, 1.54) is 6.42 Å². The number of aryl methyl sites for hydroxylation is 1. The van der Waals surface area contributed by atoms with Gasteiger partial charge in [-0.2, -0.15) is 0 Å². The highest BCUT2D eigenvalue weighted by Crippen LogP contribution is 2.20. The lowest BCUT2D eigenvalue weighted by atomic mass is 9.95. The fourth-order valence-electron chi connectivity index (χ4n) is 2.93. The Kier molecular flexibility index (Phi) is 8.09. The highest BCUT2D eigenvalue weighted by molar-refractivity contribution is 9.10. The number of nitrogens with one attached hydrogen (secondary N) is 2. The molecule has 1 saturated carbocycles. The molecule has 142 valence electrons. The van der Waals surface area contributed by atoms with Crippen molar-refractivity contribution < 1.29 is 19.1 Å². The van der Waals surface area contributed by atoms with Crippen LogP contribution < -0.4 is 10.6 Å². The maximum Gasteiger partial charge on any atom is 0.306 e. The highest BCUT2D eigenvalue weighted by atomic mass is 79.9. The van der Waals surface area contributed by atoms with E-state index in [-0.39, 0.29) is 31.4 Å². The van der Waals surface area contributed by atoms with Gasteiger partial charge in [-0.05, 0) is 43.5 Å². The van der Waals surface area contributed by atoms with E-state index in [1.54, 1.807) is 6.07 Å². The second-order valence-corrected chi connectivity index (χ2v) is 7.49. The Morgan fingerprint density at radius 3 is 2.54 bits per heavy atom. The Bertz CT molecular complexity index is 657. The van der Waals surface area contributed by atoms with Crippen LogP contribution in [0.2, 0.25) is 0 Å². The molecule has 1 fully saturated rings. The van der Waals surface area contributed by atoms with Gasteiger partial charge >= 0.3 is 5.97 Å². The van der Waals surface area contributed by atoms with E-state index in [0.717, 1.165) is 35.7 Å². The second kappa shape index (κ2) is 10.3. The molecule has 0 bridgehead atoms. The van der Waals surface area contributed by atoms with Gasteiger partial charge in [0.05, 0.1) is 6.42 Å². The molecule has 1 aromatic carbocycles. The quantitative estimate of drug-likeness (QED) is 0.656. The molecule has 0 radical (unpaired) electrons. The molecule has 0 unspecified atom stereocenters. The summed E-state index contributed by atoms with van der Waals surface area (Å²) < 4.78 is 5.86. The van der Waals surface area contributed by atoms with Gasteiger partial charge in [-0.25, -0.2) is 0 Å². The van der Waals surface area contributed by atoms with E-state index in [1.807, 2.05) is 19.1 Å². The largest absolute Gasteiger partial charge is 0.456 e. The topological polar surface area (TPSA) is 84.5 Å². The molecule has 7 heteroatoms. The van der Waals surface area contributed by atoms with Crippen LogP contribution in [0.4, 0.5) is 5.69 Å². The van der Waals surface area contributed by atoms with Gasteiger partial charge in [-0.3, -0.25) is 14.4 Å². The molecule has 6 nitrogen and oxygen atoms in total. The van der Waals surface area contributed by atoms with E-state index in [9.17, 15) is 14.4 Å². The zero-order chi connectivity index (χ0) is 18.9.